The zero-order chi connectivity index (χ0) is 39.0. The predicted octanol–water partition coefficient (Wildman–Crippen LogP) is 5.13. The first-order valence-electron chi connectivity index (χ1n) is 17.7. The van der Waals surface area contributed by atoms with Crippen LogP contribution < -0.4 is 35.5 Å². The number of aliphatic hydroxyl groups is 1. The summed E-state index contributed by atoms with van der Waals surface area (Å²) >= 11 is 0. The van der Waals surface area contributed by atoms with Crippen molar-refractivity contribution in [3.8, 4) is 45.5 Å². The SMILES string of the molecule is CC(C)(CCCCOc1cc(-c2ccc3c(c2)OCO3)cc(-c2ccccc2)n1)C(=O)N[C@@H](Cc1ccc(O)cc1)[C@@H](O)NS(=O)(=O)c1ccc(NN)nc1. The van der Waals surface area contributed by atoms with Gasteiger partial charge in [-0.2, -0.15) is 4.72 Å². The van der Waals surface area contributed by atoms with Gasteiger partial charge in [0.15, 0.2) is 11.5 Å². The van der Waals surface area contributed by atoms with Crippen LogP contribution in [0.5, 0.6) is 23.1 Å². The summed E-state index contributed by atoms with van der Waals surface area (Å²) in [6.45, 7) is 4.12. The predicted molar refractivity (Wildman–Crippen MR) is 206 cm³/mol. The van der Waals surface area contributed by atoms with E-state index in [4.69, 9.17) is 25.0 Å². The largest absolute Gasteiger partial charge is 0.508 e. The summed E-state index contributed by atoms with van der Waals surface area (Å²) in [5, 5.41) is 23.8. The molecule has 1 amide bonds. The Labute approximate surface area is 319 Å². The smallest absolute Gasteiger partial charge is 0.244 e. The Morgan fingerprint density at radius 2 is 1.69 bits per heavy atom. The highest BCUT2D eigenvalue weighted by Crippen LogP contribution is 2.37. The highest BCUT2D eigenvalue weighted by molar-refractivity contribution is 7.89. The molecule has 55 heavy (non-hydrogen) atoms. The van der Waals surface area contributed by atoms with Crippen molar-refractivity contribution in [2.75, 3.05) is 18.8 Å². The number of aromatic nitrogens is 2. The van der Waals surface area contributed by atoms with Gasteiger partial charge in [0.25, 0.3) is 0 Å². The standard InChI is InChI=1S/C40H44N6O8S/c1-40(2,39(49)44-33(20-26-10-13-30(47)14-11-26)38(48)46-55(50,51)31-15-17-36(45-41)42-24-31)18-6-7-19-52-37-23-29(21-32(43-37)27-8-4-3-5-9-27)28-12-16-34-35(22-28)54-25-53-34/h3-5,8-17,21-24,33,38,46-48H,6-7,18-20,25,41H2,1-2H3,(H,42,45)(H,44,49)/t33-,38+/m0/s1. The molecule has 0 unspecified atom stereocenters. The fourth-order valence-electron chi connectivity index (χ4n) is 5.96. The van der Waals surface area contributed by atoms with E-state index >= 15 is 0 Å². The third-order valence-electron chi connectivity index (χ3n) is 9.20. The van der Waals surface area contributed by atoms with E-state index in [-0.39, 0.29) is 35.6 Å². The topological polar surface area (TPSA) is 207 Å². The summed E-state index contributed by atoms with van der Waals surface area (Å²) in [5.41, 5.74) is 5.63. The molecule has 0 saturated carbocycles. The molecular weight excluding hydrogens is 725 g/mol. The molecule has 1 aliphatic heterocycles. The molecule has 288 valence electrons. The summed E-state index contributed by atoms with van der Waals surface area (Å²) in [4.78, 5) is 22.2. The van der Waals surface area contributed by atoms with Gasteiger partial charge < -0.3 is 35.2 Å². The van der Waals surface area contributed by atoms with Crippen LogP contribution in [0.3, 0.4) is 0 Å². The number of hydrogen-bond acceptors (Lipinski definition) is 12. The Morgan fingerprint density at radius 1 is 0.927 bits per heavy atom. The summed E-state index contributed by atoms with van der Waals surface area (Å²) < 4.78 is 45.7. The maximum absolute atomic E-state index is 13.7. The number of nitrogen functional groups attached to an aromatic ring is 1. The molecule has 3 aromatic carbocycles. The van der Waals surface area contributed by atoms with E-state index < -0.39 is 27.7 Å². The number of anilines is 1. The number of aromatic hydroxyl groups is 1. The van der Waals surface area contributed by atoms with Crippen LogP contribution in [0, 0.1) is 5.41 Å². The highest BCUT2D eigenvalue weighted by Gasteiger charge is 2.33. The monoisotopic (exact) mass is 768 g/mol. The van der Waals surface area contributed by atoms with Crippen molar-refractivity contribution in [3.63, 3.8) is 0 Å². The van der Waals surface area contributed by atoms with E-state index in [0.29, 0.717) is 48.8 Å². The van der Waals surface area contributed by atoms with Crippen LogP contribution in [0.15, 0.2) is 108 Å². The second kappa shape index (κ2) is 17.2. The molecule has 5 aromatic rings. The number of hydrazine groups is 1. The number of ether oxygens (including phenoxy) is 3. The molecule has 2 aromatic heterocycles. The van der Waals surface area contributed by atoms with Gasteiger partial charge in [0.05, 0.1) is 18.3 Å². The molecule has 7 N–H and O–H groups in total. The minimum absolute atomic E-state index is 0.0449. The van der Waals surface area contributed by atoms with Crippen molar-refractivity contribution in [1.29, 1.82) is 0 Å². The number of phenolic OH excluding ortho intramolecular Hbond substituents is 1. The van der Waals surface area contributed by atoms with Gasteiger partial charge >= 0.3 is 0 Å². The molecule has 14 nitrogen and oxygen atoms in total. The van der Waals surface area contributed by atoms with Crippen LogP contribution in [0.25, 0.3) is 22.4 Å². The van der Waals surface area contributed by atoms with Gasteiger partial charge in [0.1, 0.15) is 22.7 Å². The molecule has 1 aliphatic rings. The molecule has 0 aliphatic carbocycles. The van der Waals surface area contributed by atoms with Crippen molar-refractivity contribution in [2.24, 2.45) is 11.3 Å². The molecular formula is C40H44N6O8S. The Kier molecular flexibility index (Phi) is 12.2. The minimum Gasteiger partial charge on any atom is -0.508 e. The normalized spacial score (nSPS) is 13.5. The second-order valence-electron chi connectivity index (χ2n) is 13.7. The number of nitrogens with zero attached hydrogens (tertiary/aromatic N) is 2. The van der Waals surface area contributed by atoms with Crippen LogP contribution in [0.2, 0.25) is 0 Å². The number of pyridine rings is 2. The number of carbonyl (C=O) groups excluding carboxylic acids is 1. The molecule has 3 heterocycles. The van der Waals surface area contributed by atoms with Crippen LogP contribution in [-0.4, -0.2) is 60.2 Å². The molecule has 2 atom stereocenters. The van der Waals surface area contributed by atoms with Crippen LogP contribution in [0.1, 0.15) is 38.7 Å². The van der Waals surface area contributed by atoms with Crippen LogP contribution >= 0.6 is 0 Å². The van der Waals surface area contributed by atoms with E-state index in [0.717, 1.165) is 28.6 Å². The number of rotatable bonds is 17. The number of nitrogens with two attached hydrogens (primary N) is 1. The summed E-state index contributed by atoms with van der Waals surface area (Å²) in [6, 6.07) is 27.3. The number of sulfonamides is 1. The third-order valence-corrected chi connectivity index (χ3v) is 10.6. The lowest BCUT2D eigenvalue weighted by Gasteiger charge is -2.30. The third kappa shape index (κ3) is 10.1. The van der Waals surface area contributed by atoms with Crippen molar-refractivity contribution >= 4 is 21.7 Å². The zero-order valence-electron chi connectivity index (χ0n) is 30.4. The Morgan fingerprint density at radius 3 is 2.42 bits per heavy atom. The maximum Gasteiger partial charge on any atom is 0.244 e. The van der Waals surface area contributed by atoms with E-state index in [1.807, 2.05) is 60.7 Å². The van der Waals surface area contributed by atoms with E-state index in [1.165, 1.54) is 24.3 Å². The van der Waals surface area contributed by atoms with Crippen molar-refractivity contribution in [1.82, 2.24) is 20.0 Å². The first kappa shape index (κ1) is 39.0. The van der Waals surface area contributed by atoms with E-state index in [1.54, 1.807) is 26.0 Å². The minimum atomic E-state index is -4.24. The van der Waals surface area contributed by atoms with Crippen molar-refractivity contribution < 1.29 is 37.6 Å². The summed E-state index contributed by atoms with van der Waals surface area (Å²) in [7, 11) is -4.24. The highest BCUT2D eigenvalue weighted by atomic mass is 32.2. The molecule has 0 spiro atoms. The molecule has 6 rings (SSSR count). The number of aliphatic hydroxyl groups excluding tert-OH is 1. The van der Waals surface area contributed by atoms with Gasteiger partial charge in [-0.3, -0.25) is 4.79 Å². The number of nitrogens with one attached hydrogen (secondary N) is 3. The Hall–Kier alpha value is -5.74. The number of carbonyl (C=O) groups is 1. The number of fused-ring (bicyclic) bond motifs is 1. The maximum atomic E-state index is 13.7. The van der Waals surface area contributed by atoms with Crippen molar-refractivity contribution in [3.05, 3.63) is 109 Å². The van der Waals surface area contributed by atoms with Gasteiger partial charge in [-0.1, -0.05) is 62.4 Å². The number of benzene rings is 3. The van der Waals surface area contributed by atoms with Crippen molar-refractivity contribution in [2.45, 2.75) is 56.7 Å². The number of hydrogen-bond donors (Lipinski definition) is 6. The Balaban J connectivity index is 1.09. The fourth-order valence-corrected chi connectivity index (χ4v) is 7.02. The van der Waals surface area contributed by atoms with E-state index in [2.05, 4.69) is 20.4 Å². The van der Waals surface area contributed by atoms with Crippen LogP contribution in [0.4, 0.5) is 5.82 Å². The fraction of sp³-hybridized carbons (Fsp3) is 0.275. The van der Waals surface area contributed by atoms with Gasteiger partial charge in [-0.15, -0.1) is 0 Å². The van der Waals surface area contributed by atoms with Gasteiger partial charge in [0, 0.05) is 23.2 Å². The molecule has 0 saturated heterocycles. The summed E-state index contributed by atoms with van der Waals surface area (Å²) in [5.74, 6) is 7.10. The first-order chi connectivity index (χ1) is 26.4. The first-order valence-corrected chi connectivity index (χ1v) is 19.2. The quantitative estimate of drug-likeness (QED) is 0.0315. The number of unbranched alkanes of at least 4 members (excludes halogenated alkanes) is 1. The van der Waals surface area contributed by atoms with Gasteiger partial charge in [-0.05, 0) is 84.8 Å². The average molecular weight is 769 g/mol. The molecule has 0 fully saturated rings. The van der Waals surface area contributed by atoms with Crippen LogP contribution in [-0.2, 0) is 21.2 Å². The number of amides is 1. The lowest BCUT2D eigenvalue weighted by Crippen LogP contribution is -2.55. The molecule has 15 heteroatoms. The summed E-state index contributed by atoms with van der Waals surface area (Å²) in [6.07, 6.45) is 1.19. The van der Waals surface area contributed by atoms with Gasteiger partial charge in [-0.25, -0.2) is 24.2 Å². The molecule has 0 radical (unpaired) electrons. The Bertz CT molecular complexity index is 2190. The average Bonchev–Trinajstić information content (AvgIpc) is 3.66. The zero-order valence-corrected chi connectivity index (χ0v) is 31.3. The van der Waals surface area contributed by atoms with Gasteiger partial charge in [0.2, 0.25) is 28.6 Å². The second-order valence-corrected chi connectivity index (χ2v) is 15.5. The number of phenols is 1. The lowest BCUT2D eigenvalue weighted by molar-refractivity contribution is -0.131. The van der Waals surface area contributed by atoms with E-state index in [9.17, 15) is 23.4 Å². The molecule has 0 bridgehead atoms. The lowest BCUT2D eigenvalue weighted by atomic mass is 9.85.